The highest BCUT2D eigenvalue weighted by molar-refractivity contribution is 6.09. The largest absolute Gasteiger partial charge is 0.497 e. The van der Waals surface area contributed by atoms with Crippen molar-refractivity contribution in [2.24, 2.45) is 11.8 Å². The Labute approximate surface area is 264 Å². The van der Waals surface area contributed by atoms with Crippen LogP contribution in [0, 0.1) is 11.8 Å². The van der Waals surface area contributed by atoms with Gasteiger partial charge >= 0.3 is 18.3 Å². The van der Waals surface area contributed by atoms with Gasteiger partial charge in [-0.2, -0.15) is 8.78 Å². The quantitative estimate of drug-likeness (QED) is 0.204. The molecule has 2 aliphatic rings. The van der Waals surface area contributed by atoms with Gasteiger partial charge in [-0.25, -0.2) is 18.7 Å². The lowest BCUT2D eigenvalue weighted by molar-refractivity contribution is -0.137. The summed E-state index contributed by atoms with van der Waals surface area (Å²) in [6.07, 6.45) is 2.42. The zero-order chi connectivity index (χ0) is 32.8. The summed E-state index contributed by atoms with van der Waals surface area (Å²) >= 11 is 0. The zero-order valence-corrected chi connectivity index (χ0v) is 25.3. The number of carboxylic acids is 1. The molecule has 2 aromatic heterocycles. The SMILES string of the molecule is COc1ccc(C(=O)N(CC(F)(F)C(F)F)c2ccccn2)c(N2CCC(COc3cc(C(CC(=O)O)C4CC4)ccn3)CC2)c1. The number of piperidine rings is 1. The van der Waals surface area contributed by atoms with Crippen molar-refractivity contribution in [3.8, 4) is 11.6 Å². The molecule has 246 valence electrons. The molecule has 13 heteroatoms. The summed E-state index contributed by atoms with van der Waals surface area (Å²) in [6.45, 7) is -0.141. The van der Waals surface area contributed by atoms with Crippen LogP contribution in [-0.4, -0.2) is 72.6 Å². The Morgan fingerprint density at radius 3 is 2.43 bits per heavy atom. The molecule has 1 unspecified atom stereocenters. The number of hydrogen-bond donors (Lipinski definition) is 1. The number of carbonyl (C=O) groups is 2. The third-order valence-corrected chi connectivity index (χ3v) is 8.49. The maximum absolute atomic E-state index is 14.3. The van der Waals surface area contributed by atoms with E-state index >= 15 is 0 Å². The van der Waals surface area contributed by atoms with Crippen molar-refractivity contribution >= 4 is 23.4 Å². The second-order valence-corrected chi connectivity index (χ2v) is 11.7. The van der Waals surface area contributed by atoms with Crippen LogP contribution in [0.4, 0.5) is 29.1 Å². The number of rotatable bonds is 14. The molecule has 1 atom stereocenters. The number of halogens is 4. The van der Waals surface area contributed by atoms with Gasteiger partial charge in [-0.05, 0) is 79.3 Å². The number of benzene rings is 1. The van der Waals surface area contributed by atoms with Crippen molar-refractivity contribution in [2.45, 2.75) is 50.4 Å². The molecule has 3 heterocycles. The normalized spacial score (nSPS) is 16.3. The molecule has 9 nitrogen and oxygen atoms in total. The van der Waals surface area contributed by atoms with Gasteiger partial charge in [0, 0.05) is 37.6 Å². The first-order valence-corrected chi connectivity index (χ1v) is 15.2. The zero-order valence-electron chi connectivity index (χ0n) is 25.3. The number of amides is 1. The number of carboxylic acid groups (broad SMARTS) is 1. The van der Waals surface area contributed by atoms with Gasteiger partial charge in [0.2, 0.25) is 5.88 Å². The van der Waals surface area contributed by atoms with Gasteiger partial charge in [0.25, 0.3) is 5.91 Å². The fraction of sp³-hybridized carbons (Fsp3) is 0.455. The number of aromatic nitrogens is 2. The highest BCUT2D eigenvalue weighted by atomic mass is 19.3. The van der Waals surface area contributed by atoms with E-state index in [9.17, 15) is 32.3 Å². The van der Waals surface area contributed by atoms with Crippen molar-refractivity contribution < 1.29 is 41.7 Å². The number of ether oxygens (including phenoxy) is 2. The summed E-state index contributed by atoms with van der Waals surface area (Å²) in [5.41, 5.74) is 1.40. The lowest BCUT2D eigenvalue weighted by Gasteiger charge is -2.35. The maximum Gasteiger partial charge on any atom is 0.325 e. The molecule has 2 fully saturated rings. The predicted molar refractivity (Wildman–Crippen MR) is 162 cm³/mol. The first-order valence-electron chi connectivity index (χ1n) is 15.2. The van der Waals surface area contributed by atoms with E-state index in [0.717, 1.165) is 18.4 Å². The molecule has 1 N–H and O–H groups in total. The lowest BCUT2D eigenvalue weighted by Crippen LogP contribution is -2.45. The van der Waals surface area contributed by atoms with Crippen LogP contribution >= 0.6 is 0 Å². The predicted octanol–water partition coefficient (Wildman–Crippen LogP) is 6.30. The Morgan fingerprint density at radius 2 is 1.80 bits per heavy atom. The molecule has 0 radical (unpaired) electrons. The number of aliphatic carboxylic acids is 1. The topological polar surface area (TPSA) is 105 Å². The Kier molecular flexibility index (Phi) is 10.3. The minimum absolute atomic E-state index is 0.0545. The first kappa shape index (κ1) is 33.0. The fourth-order valence-electron chi connectivity index (χ4n) is 5.80. The average molecular weight is 645 g/mol. The Balaban J connectivity index is 1.28. The van der Waals surface area contributed by atoms with Crippen LogP contribution in [0.5, 0.6) is 11.6 Å². The average Bonchev–Trinajstić information content (AvgIpc) is 3.91. The van der Waals surface area contributed by atoms with Crippen LogP contribution < -0.4 is 19.3 Å². The van der Waals surface area contributed by atoms with Gasteiger partial charge in [-0.1, -0.05) is 6.07 Å². The maximum atomic E-state index is 14.3. The summed E-state index contributed by atoms with van der Waals surface area (Å²) in [7, 11) is 1.46. The minimum atomic E-state index is -4.46. The van der Waals surface area contributed by atoms with E-state index in [1.165, 1.54) is 43.6 Å². The molecule has 46 heavy (non-hydrogen) atoms. The molecule has 1 saturated carbocycles. The molecular formula is C33H36F4N4O5. The molecule has 0 spiro atoms. The number of anilines is 2. The van der Waals surface area contributed by atoms with E-state index in [0.29, 0.717) is 60.7 Å². The molecular weight excluding hydrogens is 608 g/mol. The van der Waals surface area contributed by atoms with E-state index in [4.69, 9.17) is 9.47 Å². The van der Waals surface area contributed by atoms with E-state index in [-0.39, 0.29) is 29.6 Å². The van der Waals surface area contributed by atoms with Gasteiger partial charge < -0.3 is 19.5 Å². The minimum Gasteiger partial charge on any atom is -0.497 e. The monoisotopic (exact) mass is 644 g/mol. The van der Waals surface area contributed by atoms with Crippen molar-refractivity contribution in [3.05, 3.63) is 72.1 Å². The van der Waals surface area contributed by atoms with Gasteiger partial charge in [-0.15, -0.1) is 0 Å². The summed E-state index contributed by atoms with van der Waals surface area (Å²) in [4.78, 5) is 36.0. The number of nitrogens with zero attached hydrogens (tertiary/aromatic N) is 4. The Bertz CT molecular complexity index is 1500. The standard InChI is InChI=1S/C33H36F4N4O5/c1-45-24-7-8-25(31(44)41(20-33(36,37)32(34)35)28-4-2-3-12-38-28)27(17-24)40-14-10-21(11-15-40)19-46-29-16-23(9-13-39-29)26(18-30(42)43)22-5-6-22/h2-4,7-9,12-13,16-17,21-22,26,32H,5-6,10-11,14-15,18-20H2,1H3,(H,42,43). The number of pyridine rings is 2. The van der Waals surface area contributed by atoms with Gasteiger partial charge in [0.1, 0.15) is 11.6 Å². The second kappa shape index (κ2) is 14.3. The van der Waals surface area contributed by atoms with E-state index in [1.54, 1.807) is 12.3 Å². The van der Waals surface area contributed by atoms with Crippen LogP contribution in [0.1, 0.15) is 53.9 Å². The van der Waals surface area contributed by atoms with Crippen molar-refractivity contribution in [3.63, 3.8) is 0 Å². The number of carbonyl (C=O) groups excluding carboxylic acids is 1. The summed E-state index contributed by atoms with van der Waals surface area (Å²) in [5.74, 6) is -5.03. The Hall–Kier alpha value is -4.42. The lowest BCUT2D eigenvalue weighted by atomic mass is 9.92. The van der Waals surface area contributed by atoms with Crippen LogP contribution in [0.25, 0.3) is 0 Å². The van der Waals surface area contributed by atoms with Gasteiger partial charge in [0.05, 0.1) is 37.9 Å². The smallest absolute Gasteiger partial charge is 0.325 e. The summed E-state index contributed by atoms with van der Waals surface area (Å²) in [6, 6.07) is 12.6. The highest BCUT2D eigenvalue weighted by Gasteiger charge is 2.44. The van der Waals surface area contributed by atoms with Crippen LogP contribution in [0.15, 0.2) is 60.9 Å². The summed E-state index contributed by atoms with van der Waals surface area (Å²) < 4.78 is 66.4. The van der Waals surface area contributed by atoms with Crippen LogP contribution in [0.3, 0.4) is 0 Å². The van der Waals surface area contributed by atoms with Crippen LogP contribution in [-0.2, 0) is 4.79 Å². The number of alkyl halides is 4. The fourth-order valence-corrected chi connectivity index (χ4v) is 5.80. The molecule has 1 aliphatic carbocycles. The van der Waals surface area contributed by atoms with Crippen molar-refractivity contribution in [1.82, 2.24) is 9.97 Å². The second-order valence-electron chi connectivity index (χ2n) is 11.7. The van der Waals surface area contributed by atoms with Crippen LogP contribution in [0.2, 0.25) is 0 Å². The third kappa shape index (κ3) is 8.04. The van der Waals surface area contributed by atoms with Crippen molar-refractivity contribution in [2.75, 3.05) is 43.2 Å². The highest BCUT2D eigenvalue weighted by Crippen LogP contribution is 2.45. The van der Waals surface area contributed by atoms with E-state index in [1.807, 2.05) is 17.0 Å². The molecule has 1 amide bonds. The number of hydrogen-bond acceptors (Lipinski definition) is 7. The summed E-state index contributed by atoms with van der Waals surface area (Å²) in [5, 5.41) is 9.35. The molecule has 1 saturated heterocycles. The first-order chi connectivity index (χ1) is 22.1. The third-order valence-electron chi connectivity index (χ3n) is 8.49. The molecule has 5 rings (SSSR count). The molecule has 3 aromatic rings. The molecule has 1 aliphatic heterocycles. The van der Waals surface area contributed by atoms with E-state index < -0.39 is 30.8 Å². The number of methoxy groups -OCH3 is 1. The molecule has 0 bridgehead atoms. The molecule has 1 aromatic carbocycles. The van der Waals surface area contributed by atoms with Gasteiger partial charge in [-0.3, -0.25) is 14.5 Å². The van der Waals surface area contributed by atoms with E-state index in [2.05, 4.69) is 9.97 Å². The Morgan fingerprint density at radius 1 is 1.04 bits per heavy atom. The van der Waals surface area contributed by atoms with Gasteiger partial charge in [0.15, 0.2) is 0 Å². The van der Waals surface area contributed by atoms with Crippen molar-refractivity contribution in [1.29, 1.82) is 0 Å².